The fraction of sp³-hybridized carbons (Fsp3) is 0.467. The minimum absolute atomic E-state index is 0.711. The van der Waals surface area contributed by atoms with Gasteiger partial charge in [0.2, 0.25) is 0 Å². The van der Waals surface area contributed by atoms with Crippen molar-refractivity contribution in [2.24, 2.45) is 0 Å². The van der Waals surface area contributed by atoms with Gasteiger partial charge in [0, 0.05) is 45.5 Å². The quantitative estimate of drug-likeness (QED) is 0.330. The lowest BCUT2D eigenvalue weighted by atomic mass is 10.3. The van der Waals surface area contributed by atoms with E-state index < -0.39 is 0 Å². The minimum Gasteiger partial charge on any atom is -0.490 e. The Morgan fingerprint density at radius 3 is 1.90 bits per heavy atom. The number of hydrogen-bond acceptors (Lipinski definition) is 8. The Kier molecular flexibility index (Phi) is 9.23. The molecule has 0 atom stereocenters. The Morgan fingerprint density at radius 2 is 1.24 bits per heavy atom. The van der Waals surface area contributed by atoms with Crippen LogP contribution in [0.5, 0.6) is 0 Å². The number of rotatable bonds is 0. The van der Waals surface area contributed by atoms with Gasteiger partial charge in [0.05, 0.1) is 61.1 Å². The summed E-state index contributed by atoms with van der Waals surface area (Å²) in [5.41, 5.74) is 5.62. The van der Waals surface area contributed by atoms with Crippen LogP contribution in [0.2, 0.25) is 0 Å². The lowest BCUT2D eigenvalue weighted by Gasteiger charge is -2.19. The summed E-state index contributed by atoms with van der Waals surface area (Å²) in [4.78, 5) is 16.8. The van der Waals surface area contributed by atoms with Crippen molar-refractivity contribution in [3.63, 3.8) is 0 Å². The normalized spacial score (nSPS) is 16.4. The summed E-state index contributed by atoms with van der Waals surface area (Å²) in [6.45, 7) is 24.9. The molecule has 0 radical (unpaired) electrons. The largest absolute Gasteiger partial charge is 0.490 e. The van der Waals surface area contributed by atoms with E-state index in [0.29, 0.717) is 6.61 Å². The Balaban J connectivity index is 0.000000112. The molecule has 42 heavy (non-hydrogen) atoms. The number of nitrogens with one attached hydrogen (secondary N) is 2. The van der Waals surface area contributed by atoms with Gasteiger partial charge in [-0.05, 0) is 27.7 Å². The van der Waals surface area contributed by atoms with Gasteiger partial charge < -0.3 is 38.4 Å². The SMILES string of the molecule is C=C1NCCn2c1cnc2C.C=C1OCCn2c1cnc2C.Cc1ncc2n1CCNC2.Cc1ncc2n1CCOC2. The summed E-state index contributed by atoms with van der Waals surface area (Å²) >= 11 is 0. The highest BCUT2D eigenvalue weighted by atomic mass is 16.5. The van der Waals surface area contributed by atoms with E-state index in [4.69, 9.17) is 9.47 Å². The Hall–Kier alpha value is -4.16. The first-order valence-electron chi connectivity index (χ1n) is 14.4. The molecule has 0 aromatic carbocycles. The molecule has 0 amide bonds. The molecule has 4 aliphatic heterocycles. The van der Waals surface area contributed by atoms with Gasteiger partial charge in [-0.2, -0.15) is 0 Å². The van der Waals surface area contributed by atoms with Crippen molar-refractivity contribution in [1.29, 1.82) is 0 Å². The Labute approximate surface area is 247 Å². The van der Waals surface area contributed by atoms with Crippen molar-refractivity contribution < 1.29 is 9.47 Å². The van der Waals surface area contributed by atoms with Crippen molar-refractivity contribution >= 4 is 11.5 Å². The lowest BCUT2D eigenvalue weighted by molar-refractivity contribution is 0.0843. The van der Waals surface area contributed by atoms with Crippen molar-refractivity contribution in [3.05, 3.63) is 84.0 Å². The molecule has 4 aromatic rings. The molecular formula is C30H42N10O2. The molecule has 0 saturated heterocycles. The number of aromatic nitrogens is 8. The van der Waals surface area contributed by atoms with Crippen molar-refractivity contribution in [1.82, 2.24) is 48.8 Å². The van der Waals surface area contributed by atoms with Crippen LogP contribution in [0.25, 0.3) is 11.5 Å². The van der Waals surface area contributed by atoms with Crippen LogP contribution in [-0.4, -0.2) is 64.5 Å². The third-order valence-electron chi connectivity index (χ3n) is 7.77. The molecular weight excluding hydrogens is 532 g/mol. The third-order valence-corrected chi connectivity index (χ3v) is 7.77. The lowest BCUT2D eigenvalue weighted by Crippen LogP contribution is -2.28. The second kappa shape index (κ2) is 13.2. The summed E-state index contributed by atoms with van der Waals surface area (Å²) in [5, 5.41) is 6.49. The summed E-state index contributed by atoms with van der Waals surface area (Å²) in [7, 11) is 0. The highest BCUT2D eigenvalue weighted by molar-refractivity contribution is 5.59. The highest BCUT2D eigenvalue weighted by Gasteiger charge is 2.15. The van der Waals surface area contributed by atoms with Crippen molar-refractivity contribution in [3.8, 4) is 0 Å². The molecule has 2 N–H and O–H groups in total. The van der Waals surface area contributed by atoms with Crippen LogP contribution in [-0.2, 0) is 48.8 Å². The van der Waals surface area contributed by atoms with Crippen LogP contribution in [0, 0.1) is 27.7 Å². The molecule has 224 valence electrons. The van der Waals surface area contributed by atoms with E-state index in [1.165, 1.54) is 11.4 Å². The molecule has 4 aromatic heterocycles. The molecule has 8 rings (SSSR count). The van der Waals surface area contributed by atoms with Gasteiger partial charge >= 0.3 is 0 Å². The number of imidazole rings is 4. The van der Waals surface area contributed by atoms with E-state index in [9.17, 15) is 0 Å². The van der Waals surface area contributed by atoms with E-state index in [1.807, 2.05) is 39.4 Å². The summed E-state index contributed by atoms with van der Waals surface area (Å²) in [6, 6.07) is 0. The van der Waals surface area contributed by atoms with Gasteiger partial charge in [0.15, 0.2) is 0 Å². The highest BCUT2D eigenvalue weighted by Crippen LogP contribution is 2.19. The van der Waals surface area contributed by atoms with Gasteiger partial charge in [0.1, 0.15) is 41.4 Å². The van der Waals surface area contributed by atoms with E-state index in [2.05, 4.69) is 68.9 Å². The zero-order valence-electron chi connectivity index (χ0n) is 25.2. The minimum atomic E-state index is 0.711. The second-order valence-corrected chi connectivity index (χ2v) is 10.5. The number of hydrogen-bond donors (Lipinski definition) is 2. The van der Waals surface area contributed by atoms with Crippen LogP contribution < -0.4 is 10.6 Å². The summed E-state index contributed by atoms with van der Waals surface area (Å²) in [6.07, 6.45) is 7.50. The molecule has 0 aliphatic carbocycles. The molecule has 4 aliphatic rings. The van der Waals surface area contributed by atoms with E-state index in [1.54, 1.807) is 6.20 Å². The van der Waals surface area contributed by atoms with E-state index in [-0.39, 0.29) is 0 Å². The van der Waals surface area contributed by atoms with Crippen LogP contribution in [0.4, 0.5) is 0 Å². The molecule has 12 heteroatoms. The average molecular weight is 575 g/mol. The molecule has 0 spiro atoms. The Bertz CT molecular complexity index is 1420. The number of ether oxygens (including phenoxy) is 2. The second-order valence-electron chi connectivity index (χ2n) is 10.5. The zero-order chi connectivity index (χ0) is 29.6. The van der Waals surface area contributed by atoms with Crippen LogP contribution >= 0.6 is 0 Å². The predicted octanol–water partition coefficient (Wildman–Crippen LogP) is 2.97. The monoisotopic (exact) mass is 574 g/mol. The fourth-order valence-electron chi connectivity index (χ4n) is 5.34. The fourth-order valence-corrected chi connectivity index (χ4v) is 5.34. The first kappa shape index (κ1) is 29.3. The van der Waals surface area contributed by atoms with Gasteiger partial charge in [-0.25, -0.2) is 19.9 Å². The number of nitrogens with zero attached hydrogens (tertiary/aromatic N) is 8. The Morgan fingerprint density at radius 1 is 0.667 bits per heavy atom. The molecule has 0 saturated carbocycles. The predicted molar refractivity (Wildman–Crippen MR) is 161 cm³/mol. The van der Waals surface area contributed by atoms with Gasteiger partial charge in [-0.1, -0.05) is 13.2 Å². The van der Waals surface area contributed by atoms with Gasteiger partial charge in [-0.3, -0.25) is 0 Å². The van der Waals surface area contributed by atoms with E-state index in [0.717, 1.165) is 105 Å². The number of aryl methyl sites for hydroxylation is 4. The van der Waals surface area contributed by atoms with Crippen LogP contribution in [0.1, 0.15) is 46.1 Å². The standard InChI is InChI=1S/C8H11N3.C8H10N2O.C7H11N3.C7H10N2O/c1-6-8-5-10-7(2)11(8)4-3-9-6;1-6-8-5-9-7(2)10(8)3-4-11-6;1-6-9-5-7-4-8-2-3-10(6)7;1-6-8-4-7-5-10-3-2-9(6)7/h5,9H,1,3-4H2,2H3;5H,1,3-4H2,2H3;5,8H,2-4H2,1H3;4H,2-3,5H2,1H3. The first-order valence-corrected chi connectivity index (χ1v) is 14.4. The smallest absolute Gasteiger partial charge is 0.137 e. The van der Waals surface area contributed by atoms with E-state index >= 15 is 0 Å². The maximum absolute atomic E-state index is 5.26. The molecule has 12 nitrogen and oxygen atoms in total. The van der Waals surface area contributed by atoms with Gasteiger partial charge in [-0.15, -0.1) is 0 Å². The first-order chi connectivity index (χ1) is 20.3. The van der Waals surface area contributed by atoms with Gasteiger partial charge in [0.25, 0.3) is 0 Å². The average Bonchev–Trinajstić information content (AvgIpc) is 3.79. The molecule has 0 fully saturated rings. The zero-order valence-corrected chi connectivity index (χ0v) is 25.2. The maximum atomic E-state index is 5.26. The summed E-state index contributed by atoms with van der Waals surface area (Å²) < 4.78 is 19.3. The maximum Gasteiger partial charge on any atom is 0.137 e. The topological polar surface area (TPSA) is 114 Å². The summed E-state index contributed by atoms with van der Waals surface area (Å²) in [5.74, 6) is 5.07. The third kappa shape index (κ3) is 6.50. The molecule has 0 unspecified atom stereocenters. The molecule has 0 bridgehead atoms. The van der Waals surface area contributed by atoms with Crippen molar-refractivity contribution in [2.75, 3.05) is 26.3 Å². The van der Waals surface area contributed by atoms with Crippen molar-refractivity contribution in [2.45, 2.75) is 67.0 Å². The van der Waals surface area contributed by atoms with Crippen LogP contribution in [0.15, 0.2) is 37.9 Å². The molecule has 8 heterocycles. The van der Waals surface area contributed by atoms with Crippen LogP contribution in [0.3, 0.4) is 0 Å². The number of fused-ring (bicyclic) bond motifs is 4.